The Labute approximate surface area is 94.8 Å². The van der Waals surface area contributed by atoms with Crippen LogP contribution in [0.1, 0.15) is 29.8 Å². The van der Waals surface area contributed by atoms with E-state index in [-0.39, 0.29) is 0 Å². The number of piperidine rings is 1. The molecule has 1 aliphatic rings. The number of aromatic nitrogens is 1. The summed E-state index contributed by atoms with van der Waals surface area (Å²) in [6, 6.07) is 0. The van der Waals surface area contributed by atoms with Gasteiger partial charge in [0.2, 0.25) is 0 Å². The van der Waals surface area contributed by atoms with Gasteiger partial charge >= 0.3 is 0 Å². The Hall–Kier alpha value is -0.220. The number of nitrogens with zero attached hydrogens (tertiary/aromatic N) is 2. The fourth-order valence-corrected chi connectivity index (χ4v) is 3.17. The molecule has 1 aromatic heterocycles. The maximum atomic E-state index is 4.60. The molecule has 0 bridgehead atoms. The van der Waals surface area contributed by atoms with Gasteiger partial charge < -0.3 is 4.90 Å². The molecule has 2 heterocycles. The number of thiol groups is 1. The lowest BCUT2D eigenvalue weighted by atomic mass is 10.1. The van der Waals surface area contributed by atoms with Crippen molar-refractivity contribution in [1.82, 2.24) is 4.98 Å². The van der Waals surface area contributed by atoms with Crippen molar-refractivity contribution in [2.75, 3.05) is 18.0 Å². The van der Waals surface area contributed by atoms with Crippen molar-refractivity contribution < 1.29 is 0 Å². The van der Waals surface area contributed by atoms with E-state index in [1.54, 1.807) is 11.3 Å². The normalized spacial score (nSPS) is 17.4. The number of aryl methyl sites for hydroxylation is 1. The van der Waals surface area contributed by atoms with Crippen molar-refractivity contribution in [1.29, 1.82) is 0 Å². The first-order valence-electron chi connectivity index (χ1n) is 5.13. The van der Waals surface area contributed by atoms with Crippen LogP contribution in [0.25, 0.3) is 0 Å². The predicted octanol–water partition coefficient (Wildman–Crippen LogP) is 2.87. The molecule has 78 valence electrons. The van der Waals surface area contributed by atoms with Crippen LogP contribution in [0.3, 0.4) is 0 Å². The minimum absolute atomic E-state index is 0.817. The molecule has 0 aromatic carbocycles. The highest BCUT2D eigenvalue weighted by atomic mass is 32.1. The van der Waals surface area contributed by atoms with E-state index in [9.17, 15) is 0 Å². The molecule has 0 saturated carbocycles. The first-order chi connectivity index (χ1) is 6.81. The third-order valence-electron chi connectivity index (χ3n) is 2.65. The van der Waals surface area contributed by atoms with Gasteiger partial charge in [0, 0.05) is 23.7 Å². The molecule has 0 atom stereocenters. The Morgan fingerprint density at radius 1 is 1.36 bits per heavy atom. The van der Waals surface area contributed by atoms with E-state index >= 15 is 0 Å². The van der Waals surface area contributed by atoms with Gasteiger partial charge in [0.15, 0.2) is 5.13 Å². The lowest BCUT2D eigenvalue weighted by Crippen LogP contribution is -2.29. The molecule has 14 heavy (non-hydrogen) atoms. The lowest BCUT2D eigenvalue weighted by molar-refractivity contribution is 0.576. The van der Waals surface area contributed by atoms with Crippen LogP contribution in [0.2, 0.25) is 0 Å². The zero-order chi connectivity index (χ0) is 9.97. The predicted molar refractivity (Wildman–Crippen MR) is 65.6 cm³/mol. The van der Waals surface area contributed by atoms with Crippen molar-refractivity contribution in [2.45, 2.75) is 31.9 Å². The van der Waals surface area contributed by atoms with Gasteiger partial charge in [0.05, 0.1) is 5.69 Å². The van der Waals surface area contributed by atoms with Crippen molar-refractivity contribution in [3.8, 4) is 0 Å². The summed E-state index contributed by atoms with van der Waals surface area (Å²) in [7, 11) is 0. The third-order valence-corrected chi connectivity index (χ3v) is 4.40. The van der Waals surface area contributed by atoms with Crippen LogP contribution >= 0.6 is 24.0 Å². The molecule has 0 spiro atoms. The molecule has 0 N–H and O–H groups in total. The summed E-state index contributed by atoms with van der Waals surface area (Å²) in [5.41, 5.74) is 1.16. The molecule has 4 heteroatoms. The molecule has 1 aliphatic heterocycles. The largest absolute Gasteiger partial charge is 0.348 e. The van der Waals surface area contributed by atoms with Gasteiger partial charge in [-0.25, -0.2) is 4.98 Å². The first kappa shape index (κ1) is 10.3. The Balaban J connectivity index is 2.14. The maximum absolute atomic E-state index is 4.60. The van der Waals surface area contributed by atoms with Crippen LogP contribution < -0.4 is 4.90 Å². The van der Waals surface area contributed by atoms with E-state index in [2.05, 4.69) is 29.4 Å². The Morgan fingerprint density at radius 2 is 2.07 bits per heavy atom. The zero-order valence-electron chi connectivity index (χ0n) is 8.49. The Bertz CT molecular complexity index is 303. The molecule has 0 radical (unpaired) electrons. The van der Waals surface area contributed by atoms with Gasteiger partial charge in [-0.05, 0) is 26.2 Å². The van der Waals surface area contributed by atoms with Crippen LogP contribution in [0, 0.1) is 6.92 Å². The van der Waals surface area contributed by atoms with E-state index in [4.69, 9.17) is 0 Å². The smallest absolute Gasteiger partial charge is 0.185 e. The molecule has 0 amide bonds. The standard InChI is InChI=1S/C10H16N2S2/c1-8-9(7-13)14-10(11-8)12-5-3-2-4-6-12/h13H,2-7H2,1H3. The van der Waals surface area contributed by atoms with Crippen molar-refractivity contribution in [3.05, 3.63) is 10.6 Å². The summed E-state index contributed by atoms with van der Waals surface area (Å²) in [5, 5.41) is 1.20. The second kappa shape index (κ2) is 4.53. The average molecular weight is 228 g/mol. The van der Waals surface area contributed by atoms with Gasteiger partial charge in [-0.1, -0.05) is 0 Å². The summed E-state index contributed by atoms with van der Waals surface area (Å²) in [4.78, 5) is 8.33. The van der Waals surface area contributed by atoms with Crippen LogP contribution in [0.5, 0.6) is 0 Å². The second-order valence-corrected chi connectivity index (χ2v) is 5.09. The summed E-state index contributed by atoms with van der Waals surface area (Å²) in [5.74, 6) is 0.817. The van der Waals surface area contributed by atoms with E-state index in [1.807, 2.05) is 0 Å². The van der Waals surface area contributed by atoms with Gasteiger partial charge in [0.25, 0.3) is 0 Å². The molecule has 2 rings (SSSR count). The molecule has 1 fully saturated rings. The summed E-state index contributed by atoms with van der Waals surface area (Å²) in [6.07, 6.45) is 4.00. The number of rotatable bonds is 2. The minimum atomic E-state index is 0.817. The molecule has 1 aromatic rings. The molecular weight excluding hydrogens is 212 g/mol. The highest BCUT2D eigenvalue weighted by Gasteiger charge is 2.15. The highest BCUT2D eigenvalue weighted by Crippen LogP contribution is 2.28. The molecular formula is C10H16N2S2. The quantitative estimate of drug-likeness (QED) is 0.784. The number of hydrogen-bond donors (Lipinski definition) is 1. The van der Waals surface area contributed by atoms with Crippen molar-refractivity contribution in [3.63, 3.8) is 0 Å². The Morgan fingerprint density at radius 3 is 2.64 bits per heavy atom. The van der Waals surface area contributed by atoms with E-state index < -0.39 is 0 Å². The first-order valence-corrected chi connectivity index (χ1v) is 6.58. The lowest BCUT2D eigenvalue weighted by Gasteiger charge is -2.25. The summed E-state index contributed by atoms with van der Waals surface area (Å²) >= 11 is 6.11. The Kier molecular flexibility index (Phi) is 3.34. The summed E-state index contributed by atoms with van der Waals surface area (Å²) in [6.45, 7) is 4.44. The van der Waals surface area contributed by atoms with Crippen molar-refractivity contribution in [2.24, 2.45) is 0 Å². The molecule has 2 nitrogen and oxygen atoms in total. The fourth-order valence-electron chi connectivity index (χ4n) is 1.78. The van der Waals surface area contributed by atoms with E-state index in [0.717, 1.165) is 11.4 Å². The van der Waals surface area contributed by atoms with Crippen LogP contribution in [0.4, 0.5) is 5.13 Å². The third kappa shape index (κ3) is 2.06. The van der Waals surface area contributed by atoms with Crippen molar-refractivity contribution >= 4 is 29.1 Å². The number of anilines is 1. The average Bonchev–Trinajstić information content (AvgIpc) is 2.61. The minimum Gasteiger partial charge on any atom is -0.348 e. The molecule has 1 saturated heterocycles. The van der Waals surface area contributed by atoms with Gasteiger partial charge in [-0.2, -0.15) is 12.6 Å². The topological polar surface area (TPSA) is 16.1 Å². The van der Waals surface area contributed by atoms with Crippen LogP contribution in [-0.2, 0) is 5.75 Å². The van der Waals surface area contributed by atoms with E-state index in [1.165, 1.54) is 42.4 Å². The monoisotopic (exact) mass is 228 g/mol. The molecule has 0 aliphatic carbocycles. The highest BCUT2D eigenvalue weighted by molar-refractivity contribution is 7.79. The van der Waals surface area contributed by atoms with Gasteiger partial charge in [-0.3, -0.25) is 0 Å². The van der Waals surface area contributed by atoms with E-state index in [0.29, 0.717) is 0 Å². The second-order valence-electron chi connectivity index (χ2n) is 3.71. The maximum Gasteiger partial charge on any atom is 0.185 e. The van der Waals surface area contributed by atoms with Gasteiger partial charge in [-0.15, -0.1) is 11.3 Å². The summed E-state index contributed by atoms with van der Waals surface area (Å²) < 4.78 is 0. The van der Waals surface area contributed by atoms with Crippen LogP contribution in [-0.4, -0.2) is 18.1 Å². The number of hydrogen-bond acceptors (Lipinski definition) is 4. The van der Waals surface area contributed by atoms with Gasteiger partial charge in [0.1, 0.15) is 0 Å². The fraction of sp³-hybridized carbons (Fsp3) is 0.700. The zero-order valence-corrected chi connectivity index (χ0v) is 10.2. The SMILES string of the molecule is Cc1nc(N2CCCCC2)sc1CS. The molecule has 0 unspecified atom stereocenters. The van der Waals surface area contributed by atoms with Crippen LogP contribution in [0.15, 0.2) is 0 Å². The number of thiazole rings is 1.